The average molecular weight is 759 g/mol. The summed E-state index contributed by atoms with van der Waals surface area (Å²) in [7, 11) is 3.21. The molecule has 13 nitrogen and oxygen atoms in total. The fourth-order valence-corrected chi connectivity index (χ4v) is 6.94. The highest BCUT2D eigenvalue weighted by molar-refractivity contribution is 6.33. The Morgan fingerprint density at radius 2 is 1.71 bits per heavy atom. The van der Waals surface area contributed by atoms with Crippen LogP contribution in [0.25, 0.3) is 10.9 Å². The lowest BCUT2D eigenvalue weighted by atomic mass is 9.85. The number of piperazine rings is 1. The number of methoxy groups -OCH3 is 1. The number of likely N-dealkylation sites (tertiary alicyclic amines) is 1. The lowest BCUT2D eigenvalue weighted by Crippen LogP contribution is -2.59. The number of hydrogen-bond donors (Lipinski definition) is 4. The second kappa shape index (κ2) is 17.3. The van der Waals surface area contributed by atoms with Crippen LogP contribution in [-0.4, -0.2) is 109 Å². The fraction of sp³-hybridized carbons (Fsp3) is 0.541. The van der Waals surface area contributed by atoms with Crippen molar-refractivity contribution in [3.8, 4) is 5.75 Å². The Kier molecular flexibility index (Phi) is 13.6. The first kappa shape index (κ1) is 40.9. The minimum Gasteiger partial charge on any atom is -0.494 e. The van der Waals surface area contributed by atoms with Crippen molar-refractivity contribution in [1.29, 1.82) is 0 Å². The number of nitrogens with one attached hydrogen (secondary N) is 4. The molecular weight excluding hydrogens is 705 g/mol. The summed E-state index contributed by atoms with van der Waals surface area (Å²) < 4.78 is 5.66. The predicted molar refractivity (Wildman–Crippen MR) is 210 cm³/mol. The first-order chi connectivity index (χ1) is 24.2. The van der Waals surface area contributed by atoms with Gasteiger partial charge in [-0.05, 0) is 70.3 Å². The van der Waals surface area contributed by atoms with Crippen LogP contribution in [0.4, 0.5) is 22.9 Å². The molecule has 3 heterocycles. The molecule has 4 N–H and O–H groups in total. The minimum absolute atomic E-state index is 0. The number of carbonyl (C=O) groups is 3. The molecule has 1 unspecified atom stereocenters. The highest BCUT2D eigenvalue weighted by Gasteiger charge is 2.42. The van der Waals surface area contributed by atoms with Gasteiger partial charge in [0.1, 0.15) is 30.0 Å². The van der Waals surface area contributed by atoms with Crippen molar-refractivity contribution in [3.63, 3.8) is 0 Å². The van der Waals surface area contributed by atoms with Gasteiger partial charge in [-0.2, -0.15) is 0 Å². The maximum absolute atomic E-state index is 13.9. The number of ether oxygens (including phenoxy) is 1. The number of hydrogen-bond acceptors (Lipinski definition) is 10. The fourth-order valence-electron chi connectivity index (χ4n) is 6.64. The third kappa shape index (κ3) is 9.17. The molecule has 2 aliphatic rings. The van der Waals surface area contributed by atoms with Crippen molar-refractivity contribution in [2.24, 2.45) is 5.41 Å². The molecule has 3 atom stereocenters. The van der Waals surface area contributed by atoms with Crippen LogP contribution < -0.4 is 30.9 Å². The van der Waals surface area contributed by atoms with E-state index in [4.69, 9.17) is 16.3 Å². The van der Waals surface area contributed by atoms with Crippen LogP contribution in [0.15, 0.2) is 36.7 Å². The molecule has 1 aromatic heterocycles. The van der Waals surface area contributed by atoms with E-state index in [9.17, 15) is 14.4 Å². The van der Waals surface area contributed by atoms with E-state index in [0.29, 0.717) is 58.6 Å². The van der Waals surface area contributed by atoms with Crippen molar-refractivity contribution < 1.29 is 19.1 Å². The molecule has 2 aromatic carbocycles. The summed E-state index contributed by atoms with van der Waals surface area (Å²) in [5, 5.41) is 13.5. The molecule has 2 fully saturated rings. The van der Waals surface area contributed by atoms with Crippen LogP contribution in [0.2, 0.25) is 5.02 Å². The summed E-state index contributed by atoms with van der Waals surface area (Å²) in [4.78, 5) is 55.9. The number of fused-ring (bicyclic) bond motifs is 1. The quantitative estimate of drug-likeness (QED) is 0.210. The Balaban J connectivity index is 0.00000605. The van der Waals surface area contributed by atoms with Gasteiger partial charge in [-0.15, -0.1) is 12.4 Å². The van der Waals surface area contributed by atoms with Crippen molar-refractivity contribution in [1.82, 2.24) is 30.4 Å². The standard InChI is InChI=1S/C37H52ClN9O4.ClH/c1-22(2)45-14-16-46(17-15-45)29-12-11-24(18-26(29)38)42-33-25-19-28(31(51-8)20-27(25)40-21-41-33)43-35(49)30-10-9-13-47(30)36(50)32(37(4,5)6)44-34(48)23(3)39-7;/h11-12,18-23,30,32,39H,9-10,13-17H2,1-8H3,(H,43,49)(H,44,48)(H,40,41,42);1H/t23-,30?,32+;/m0./s1. The van der Waals surface area contributed by atoms with Crippen molar-refractivity contribution >= 4 is 75.5 Å². The molecule has 5 rings (SSSR count). The molecular formula is C37H53Cl2N9O4. The molecule has 3 aromatic rings. The first-order valence-corrected chi connectivity index (χ1v) is 18.1. The zero-order valence-electron chi connectivity index (χ0n) is 31.4. The number of anilines is 4. The van der Waals surface area contributed by atoms with Gasteiger partial charge >= 0.3 is 0 Å². The molecule has 2 aliphatic heterocycles. The number of halogens is 2. The molecule has 52 heavy (non-hydrogen) atoms. The Bertz CT molecular complexity index is 1740. The Labute approximate surface area is 318 Å². The lowest BCUT2D eigenvalue weighted by molar-refractivity contribution is -0.143. The van der Waals surface area contributed by atoms with E-state index in [1.54, 1.807) is 31.0 Å². The Morgan fingerprint density at radius 1 is 1.00 bits per heavy atom. The first-order valence-electron chi connectivity index (χ1n) is 17.7. The van der Waals surface area contributed by atoms with Gasteiger partial charge in [0.15, 0.2) is 0 Å². The minimum atomic E-state index is -0.812. The summed E-state index contributed by atoms with van der Waals surface area (Å²) >= 11 is 6.81. The van der Waals surface area contributed by atoms with E-state index in [1.807, 2.05) is 39.0 Å². The average Bonchev–Trinajstić information content (AvgIpc) is 3.60. The number of carbonyl (C=O) groups excluding carboxylic acids is 3. The molecule has 0 aliphatic carbocycles. The number of benzene rings is 2. The molecule has 284 valence electrons. The van der Waals surface area contributed by atoms with Gasteiger partial charge in [-0.3, -0.25) is 19.3 Å². The summed E-state index contributed by atoms with van der Waals surface area (Å²) in [6.45, 7) is 16.1. The lowest BCUT2D eigenvalue weighted by Gasteiger charge is -2.38. The number of amides is 3. The molecule has 2 saturated heterocycles. The topological polar surface area (TPSA) is 144 Å². The van der Waals surface area contributed by atoms with Gasteiger partial charge in [0.25, 0.3) is 0 Å². The molecule has 15 heteroatoms. The van der Waals surface area contributed by atoms with Crippen LogP contribution in [0.5, 0.6) is 5.75 Å². The summed E-state index contributed by atoms with van der Waals surface area (Å²) in [6.07, 6.45) is 2.62. The van der Waals surface area contributed by atoms with Gasteiger partial charge in [-0.1, -0.05) is 32.4 Å². The van der Waals surface area contributed by atoms with E-state index in [2.05, 4.69) is 54.9 Å². The smallest absolute Gasteiger partial charge is 0.247 e. The monoisotopic (exact) mass is 757 g/mol. The second-order valence-electron chi connectivity index (χ2n) is 14.7. The summed E-state index contributed by atoms with van der Waals surface area (Å²) in [5.41, 5.74) is 2.21. The maximum Gasteiger partial charge on any atom is 0.247 e. The van der Waals surface area contributed by atoms with Gasteiger partial charge < -0.3 is 35.8 Å². The molecule has 0 radical (unpaired) electrons. The number of rotatable bonds is 11. The van der Waals surface area contributed by atoms with Gasteiger partial charge in [-0.25, -0.2) is 9.97 Å². The van der Waals surface area contributed by atoms with E-state index >= 15 is 0 Å². The Hall–Kier alpha value is -3.91. The summed E-state index contributed by atoms with van der Waals surface area (Å²) in [6, 6.07) is 7.93. The summed E-state index contributed by atoms with van der Waals surface area (Å²) in [5.74, 6) is 0.0394. The molecule has 3 amide bonds. The largest absolute Gasteiger partial charge is 0.494 e. The third-order valence-electron chi connectivity index (χ3n) is 9.87. The molecule has 0 bridgehead atoms. The SMILES string of the molecule is CN[C@@H](C)C(=O)N[C@H](C(=O)N1CCCC1C(=O)Nc1cc2c(Nc3ccc(N4CCN(C(C)C)CC4)c(Cl)c3)ncnc2cc1OC)C(C)(C)C.Cl. The normalized spacial score (nSPS) is 17.8. The highest BCUT2D eigenvalue weighted by atomic mass is 35.5. The van der Waals surface area contributed by atoms with Crippen LogP contribution in [0, 0.1) is 5.41 Å². The highest BCUT2D eigenvalue weighted by Crippen LogP contribution is 2.36. The van der Waals surface area contributed by atoms with Crippen molar-refractivity contribution in [3.05, 3.63) is 41.7 Å². The molecule has 0 saturated carbocycles. The zero-order chi connectivity index (χ0) is 37.0. The molecule has 0 spiro atoms. The van der Waals surface area contributed by atoms with Crippen LogP contribution in [-0.2, 0) is 14.4 Å². The van der Waals surface area contributed by atoms with Gasteiger partial charge in [0.05, 0.1) is 35.1 Å². The number of nitrogens with zero attached hydrogens (tertiary/aromatic N) is 5. The number of aromatic nitrogens is 2. The zero-order valence-corrected chi connectivity index (χ0v) is 33.0. The Morgan fingerprint density at radius 3 is 2.33 bits per heavy atom. The number of likely N-dealkylation sites (N-methyl/N-ethyl adjacent to an activating group) is 1. The second-order valence-corrected chi connectivity index (χ2v) is 15.1. The van der Waals surface area contributed by atoms with Crippen LogP contribution in [0.1, 0.15) is 54.4 Å². The van der Waals surface area contributed by atoms with Crippen LogP contribution >= 0.6 is 24.0 Å². The van der Waals surface area contributed by atoms with Gasteiger partial charge in [0, 0.05) is 55.9 Å². The van der Waals surface area contributed by atoms with E-state index in [0.717, 1.165) is 37.6 Å². The van der Waals surface area contributed by atoms with E-state index in [-0.39, 0.29) is 30.1 Å². The predicted octanol–water partition coefficient (Wildman–Crippen LogP) is 5.06. The van der Waals surface area contributed by atoms with Crippen molar-refractivity contribution in [2.75, 3.05) is 62.4 Å². The van der Waals surface area contributed by atoms with E-state index < -0.39 is 23.5 Å². The van der Waals surface area contributed by atoms with Crippen molar-refractivity contribution in [2.45, 2.75) is 78.6 Å². The third-order valence-corrected chi connectivity index (χ3v) is 10.2. The van der Waals surface area contributed by atoms with E-state index in [1.165, 1.54) is 13.4 Å². The maximum atomic E-state index is 13.9. The van der Waals surface area contributed by atoms with Crippen LogP contribution in [0.3, 0.4) is 0 Å². The van der Waals surface area contributed by atoms with Gasteiger partial charge in [0.2, 0.25) is 17.7 Å².